The van der Waals surface area contributed by atoms with E-state index in [1.54, 1.807) is 7.11 Å². The third kappa shape index (κ3) is 3.68. The van der Waals surface area contributed by atoms with Crippen LogP contribution in [-0.4, -0.2) is 34.8 Å². The minimum Gasteiger partial charge on any atom is -0.370 e. The van der Waals surface area contributed by atoms with Crippen LogP contribution in [0.15, 0.2) is 48.7 Å². The number of nitrogens with zero attached hydrogens (tertiary/aromatic N) is 4. The van der Waals surface area contributed by atoms with Crippen LogP contribution >= 0.6 is 0 Å². The Morgan fingerprint density at radius 3 is 2.37 bits per heavy atom. The summed E-state index contributed by atoms with van der Waals surface area (Å²) in [6.45, 7) is 6.61. The second-order valence-electron chi connectivity index (χ2n) is 8.43. The normalized spacial score (nSPS) is 25.3. The molecule has 2 fully saturated rings. The molecule has 3 heterocycles. The Hall–Kier alpha value is -2.84. The second kappa shape index (κ2) is 8.49. The number of ether oxygens (including phenoxy) is 1. The highest BCUT2D eigenvalue weighted by molar-refractivity contribution is 5.57. The van der Waals surface area contributed by atoms with Crippen LogP contribution in [0.4, 0.5) is 5.69 Å². The van der Waals surface area contributed by atoms with Crippen LogP contribution in [0.3, 0.4) is 0 Å². The molecule has 1 saturated carbocycles. The first-order valence-corrected chi connectivity index (χ1v) is 10.7. The summed E-state index contributed by atoms with van der Waals surface area (Å²) in [6, 6.07) is 14.2. The van der Waals surface area contributed by atoms with Crippen molar-refractivity contribution in [3.8, 4) is 12.3 Å². The number of aromatic nitrogens is 3. The fourth-order valence-corrected chi connectivity index (χ4v) is 4.41. The number of benzene rings is 1. The van der Waals surface area contributed by atoms with Crippen LogP contribution in [0, 0.1) is 31.1 Å². The molecular formula is C25H30N4O. The average molecular weight is 403 g/mol. The highest BCUT2D eigenvalue weighted by Gasteiger charge is 2.51. The van der Waals surface area contributed by atoms with Gasteiger partial charge in [-0.3, -0.25) is 0 Å². The lowest BCUT2D eigenvalue weighted by Gasteiger charge is -2.43. The van der Waals surface area contributed by atoms with Crippen LogP contribution < -0.4 is 4.90 Å². The van der Waals surface area contributed by atoms with E-state index in [0.29, 0.717) is 5.82 Å². The van der Waals surface area contributed by atoms with Crippen molar-refractivity contribution in [1.29, 1.82) is 0 Å². The molecule has 3 aromatic rings. The molecule has 1 aliphatic carbocycles. The molecule has 156 valence electrons. The van der Waals surface area contributed by atoms with Gasteiger partial charge in [-0.25, -0.2) is 9.50 Å². The van der Waals surface area contributed by atoms with Gasteiger partial charge >= 0.3 is 0 Å². The zero-order valence-electron chi connectivity index (χ0n) is 18.1. The van der Waals surface area contributed by atoms with E-state index in [9.17, 15) is 0 Å². The lowest BCUT2D eigenvalue weighted by atomic mass is 9.69. The molecule has 5 nitrogen and oxygen atoms in total. The van der Waals surface area contributed by atoms with Gasteiger partial charge in [-0.15, -0.1) is 11.5 Å². The van der Waals surface area contributed by atoms with E-state index >= 15 is 0 Å². The molecule has 0 bridgehead atoms. The molecule has 0 amide bonds. The van der Waals surface area contributed by atoms with Crippen LogP contribution in [0.2, 0.25) is 0 Å². The van der Waals surface area contributed by atoms with E-state index in [4.69, 9.17) is 21.2 Å². The standard InChI is InChI=1S/C19H24N4O.C6H6/c1-5-15-6-8-19(15,24-4)18-20-17-14(3)10-16(12-23(17)21-18)22-9-7-13(2)11-22;1-2-4-6-5-3-1/h1,10,12-13,15H,6-9,11H2,2-4H3;1-6H. The topological polar surface area (TPSA) is 42.7 Å². The van der Waals surface area contributed by atoms with Crippen molar-refractivity contribution in [1.82, 2.24) is 14.6 Å². The van der Waals surface area contributed by atoms with Crippen LogP contribution in [0.25, 0.3) is 5.65 Å². The average Bonchev–Trinajstić information content (AvgIpc) is 3.37. The van der Waals surface area contributed by atoms with Gasteiger partial charge < -0.3 is 9.64 Å². The fraction of sp³-hybridized carbons (Fsp3) is 0.440. The maximum atomic E-state index is 5.79. The Kier molecular flexibility index (Phi) is 5.78. The molecule has 5 rings (SSSR count). The summed E-state index contributed by atoms with van der Waals surface area (Å²) in [5.74, 6) is 4.36. The highest BCUT2D eigenvalue weighted by atomic mass is 16.5. The second-order valence-corrected chi connectivity index (χ2v) is 8.43. The number of aryl methyl sites for hydroxylation is 1. The Morgan fingerprint density at radius 2 is 1.87 bits per heavy atom. The van der Waals surface area contributed by atoms with Gasteiger partial charge in [0.1, 0.15) is 5.60 Å². The fourth-order valence-electron chi connectivity index (χ4n) is 4.41. The molecule has 1 aromatic carbocycles. The van der Waals surface area contributed by atoms with E-state index in [2.05, 4.69) is 36.9 Å². The minimum atomic E-state index is -0.518. The Morgan fingerprint density at radius 1 is 1.17 bits per heavy atom. The molecule has 0 spiro atoms. The SMILES string of the molecule is C#CC1CCC1(OC)c1nc2c(C)cc(N3CCC(C)C3)cn2n1.c1ccccc1. The van der Waals surface area contributed by atoms with Gasteiger partial charge in [0.15, 0.2) is 11.5 Å². The van der Waals surface area contributed by atoms with Crippen molar-refractivity contribution in [2.45, 2.75) is 38.7 Å². The van der Waals surface area contributed by atoms with Crippen molar-refractivity contribution in [2.75, 3.05) is 25.1 Å². The van der Waals surface area contributed by atoms with E-state index in [0.717, 1.165) is 43.1 Å². The third-order valence-electron chi connectivity index (χ3n) is 6.37. The van der Waals surface area contributed by atoms with E-state index < -0.39 is 5.60 Å². The van der Waals surface area contributed by atoms with Crippen LogP contribution in [0.1, 0.15) is 37.6 Å². The summed E-state index contributed by atoms with van der Waals surface area (Å²) in [5.41, 5.74) is 2.72. The quantitative estimate of drug-likeness (QED) is 0.607. The first-order valence-electron chi connectivity index (χ1n) is 10.7. The monoisotopic (exact) mass is 402 g/mol. The summed E-state index contributed by atoms with van der Waals surface area (Å²) in [4.78, 5) is 7.20. The third-order valence-corrected chi connectivity index (χ3v) is 6.37. The predicted molar refractivity (Wildman–Crippen MR) is 120 cm³/mol. The number of terminal acetylenes is 1. The number of hydrogen-bond donors (Lipinski definition) is 0. The number of rotatable bonds is 3. The van der Waals surface area contributed by atoms with Gasteiger partial charge in [0.2, 0.25) is 0 Å². The smallest absolute Gasteiger partial charge is 0.184 e. The molecule has 0 radical (unpaired) electrons. The number of fused-ring (bicyclic) bond motifs is 1. The Balaban J connectivity index is 0.000000313. The number of methoxy groups -OCH3 is 1. The highest BCUT2D eigenvalue weighted by Crippen LogP contribution is 2.48. The lowest BCUT2D eigenvalue weighted by molar-refractivity contribution is -0.116. The summed E-state index contributed by atoms with van der Waals surface area (Å²) < 4.78 is 7.68. The van der Waals surface area contributed by atoms with Crippen molar-refractivity contribution in [3.63, 3.8) is 0 Å². The maximum absolute atomic E-state index is 5.79. The Bertz CT molecular complexity index is 1010. The number of anilines is 1. The van der Waals surface area contributed by atoms with Gasteiger partial charge in [-0.05, 0) is 43.7 Å². The molecular weight excluding hydrogens is 372 g/mol. The van der Waals surface area contributed by atoms with Crippen LogP contribution in [0.5, 0.6) is 0 Å². The zero-order valence-corrected chi connectivity index (χ0v) is 18.1. The molecule has 2 aromatic heterocycles. The molecule has 3 atom stereocenters. The predicted octanol–water partition coefficient (Wildman–Crippen LogP) is 4.46. The van der Waals surface area contributed by atoms with Gasteiger partial charge in [0, 0.05) is 20.2 Å². The molecule has 0 N–H and O–H groups in total. The molecule has 30 heavy (non-hydrogen) atoms. The molecule has 1 saturated heterocycles. The van der Waals surface area contributed by atoms with Gasteiger partial charge in [0.25, 0.3) is 0 Å². The molecule has 1 aliphatic heterocycles. The largest absolute Gasteiger partial charge is 0.370 e. The first kappa shape index (κ1) is 20.4. The van der Waals surface area contributed by atoms with Gasteiger partial charge in [-0.1, -0.05) is 49.2 Å². The van der Waals surface area contributed by atoms with E-state index in [1.807, 2.05) is 40.9 Å². The van der Waals surface area contributed by atoms with Crippen molar-refractivity contribution in [2.24, 2.45) is 11.8 Å². The van der Waals surface area contributed by atoms with Gasteiger partial charge in [0.05, 0.1) is 17.8 Å². The Labute approximate surface area is 179 Å². The summed E-state index contributed by atoms with van der Waals surface area (Å²) in [5, 5.41) is 4.75. The van der Waals surface area contributed by atoms with Crippen molar-refractivity contribution < 1.29 is 4.74 Å². The lowest BCUT2D eigenvalue weighted by Crippen LogP contribution is -2.46. The molecule has 3 unspecified atom stereocenters. The summed E-state index contributed by atoms with van der Waals surface area (Å²) >= 11 is 0. The summed E-state index contributed by atoms with van der Waals surface area (Å²) in [6.07, 6.45) is 10.8. The van der Waals surface area contributed by atoms with Crippen molar-refractivity contribution in [3.05, 3.63) is 60.0 Å². The van der Waals surface area contributed by atoms with Crippen molar-refractivity contribution >= 4 is 11.3 Å². The zero-order chi connectivity index (χ0) is 21.1. The van der Waals surface area contributed by atoms with Crippen LogP contribution in [-0.2, 0) is 10.3 Å². The molecule has 5 heteroatoms. The minimum absolute atomic E-state index is 0.0547. The first-order chi connectivity index (χ1) is 14.6. The van der Waals surface area contributed by atoms with Gasteiger partial charge in [-0.2, -0.15) is 0 Å². The van der Waals surface area contributed by atoms with E-state index in [1.165, 1.54) is 12.1 Å². The number of hydrogen-bond acceptors (Lipinski definition) is 4. The molecule has 2 aliphatic rings. The summed E-state index contributed by atoms with van der Waals surface area (Å²) in [7, 11) is 1.71. The maximum Gasteiger partial charge on any atom is 0.184 e. The number of pyridine rings is 1. The van der Waals surface area contributed by atoms with E-state index in [-0.39, 0.29) is 5.92 Å².